The van der Waals surface area contributed by atoms with Gasteiger partial charge in [0.25, 0.3) is 0 Å². The molecule has 1 rings (SSSR count). The van der Waals surface area contributed by atoms with Gasteiger partial charge in [-0.3, -0.25) is 23.4 Å². The van der Waals surface area contributed by atoms with Crippen LogP contribution in [0.25, 0.3) is 0 Å². The number of aliphatic carboxylic acids is 1. The molecule has 5 atom stereocenters. The molecule has 1 fully saturated rings. The highest BCUT2D eigenvalue weighted by Gasteiger charge is 2.36. The van der Waals surface area contributed by atoms with Crippen LogP contribution in [0.5, 0.6) is 0 Å². The minimum Gasteiger partial charge on any atom is -0.480 e. The monoisotopic (exact) mass is 882 g/mol. The first-order valence-electron chi connectivity index (χ1n) is 23.8. The van der Waals surface area contributed by atoms with Crippen molar-refractivity contribution in [3.8, 4) is 0 Å². The average Bonchev–Trinajstić information content (AvgIpc) is 3.99. The van der Waals surface area contributed by atoms with E-state index in [1.807, 2.05) is 6.08 Å². The smallest absolute Gasteiger partial charge is 0.472 e. The number of carbonyl (C=O) groups excluding carboxylic acids is 2. The molecule has 1 aliphatic rings. The third-order valence-corrected chi connectivity index (χ3v) is 11.4. The zero-order chi connectivity index (χ0) is 44.7. The molecule has 1 saturated heterocycles. The largest absolute Gasteiger partial charge is 0.480 e. The Morgan fingerprint density at radius 3 is 1.64 bits per heavy atom. The number of ether oxygens (including phenoxy) is 3. The number of phosphoric ester groups is 1. The second-order valence-electron chi connectivity index (χ2n) is 16.3. The van der Waals surface area contributed by atoms with E-state index in [2.05, 4.69) is 60.9 Å². The van der Waals surface area contributed by atoms with Crippen LogP contribution in [0, 0.1) is 0 Å². The molecule has 0 radical (unpaired) electrons. The third kappa shape index (κ3) is 36.6. The molecule has 0 aromatic rings. The Balaban J connectivity index is 2.28. The first kappa shape index (κ1) is 56.4. The summed E-state index contributed by atoms with van der Waals surface area (Å²) in [5, 5.41) is 8.91. The van der Waals surface area contributed by atoms with Crippen LogP contribution in [0.4, 0.5) is 0 Å². The number of phosphoric acid groups is 1. The van der Waals surface area contributed by atoms with Crippen LogP contribution in [-0.4, -0.2) is 72.1 Å². The fourth-order valence-electron chi connectivity index (χ4n) is 6.56. The quantitative estimate of drug-likeness (QED) is 0.0173. The number of allylic oxidation sites excluding steroid dienone is 6. The van der Waals surface area contributed by atoms with E-state index in [4.69, 9.17) is 29.6 Å². The molecule has 0 aliphatic carbocycles. The molecule has 12 nitrogen and oxygen atoms in total. The lowest BCUT2D eigenvalue weighted by Gasteiger charge is -2.20. The first-order chi connectivity index (χ1) is 29.6. The second kappa shape index (κ2) is 39.0. The van der Waals surface area contributed by atoms with Gasteiger partial charge in [-0.1, -0.05) is 152 Å². The van der Waals surface area contributed by atoms with Gasteiger partial charge < -0.3 is 29.9 Å². The van der Waals surface area contributed by atoms with Crippen LogP contribution in [0.3, 0.4) is 0 Å². The predicted octanol–water partition coefficient (Wildman–Crippen LogP) is 11.9. The highest BCUT2D eigenvalue weighted by molar-refractivity contribution is 7.47. The summed E-state index contributed by atoms with van der Waals surface area (Å²) in [4.78, 5) is 46.1. The summed E-state index contributed by atoms with van der Waals surface area (Å²) in [5.41, 5.74) is 5.34. The van der Waals surface area contributed by atoms with E-state index in [9.17, 15) is 23.8 Å². The highest BCUT2D eigenvalue weighted by Crippen LogP contribution is 2.43. The summed E-state index contributed by atoms with van der Waals surface area (Å²) in [6.07, 6.45) is 46.3. The molecule has 13 heteroatoms. The lowest BCUT2D eigenvalue weighted by atomic mass is 10.1. The molecule has 0 aromatic carbocycles. The Bertz CT molecular complexity index is 1290. The molecule has 3 unspecified atom stereocenters. The summed E-state index contributed by atoms with van der Waals surface area (Å²) >= 11 is 0. The Hall–Kier alpha value is -2.60. The van der Waals surface area contributed by atoms with Gasteiger partial charge in [-0.2, -0.15) is 0 Å². The van der Waals surface area contributed by atoms with E-state index in [1.165, 1.54) is 103 Å². The first-order valence-corrected chi connectivity index (χ1v) is 25.3. The van der Waals surface area contributed by atoms with Crippen molar-refractivity contribution in [2.75, 3.05) is 19.8 Å². The molecule has 0 saturated carbocycles. The zero-order valence-corrected chi connectivity index (χ0v) is 38.8. The normalized spacial score (nSPS) is 17.4. The minimum atomic E-state index is -4.74. The molecule has 4 N–H and O–H groups in total. The van der Waals surface area contributed by atoms with Crippen molar-refractivity contribution in [3.63, 3.8) is 0 Å². The van der Waals surface area contributed by atoms with Gasteiger partial charge in [-0.25, -0.2) is 4.57 Å². The van der Waals surface area contributed by atoms with Gasteiger partial charge in [0.05, 0.1) is 25.4 Å². The molecule has 61 heavy (non-hydrogen) atoms. The van der Waals surface area contributed by atoms with E-state index in [-0.39, 0.29) is 19.4 Å². The highest BCUT2D eigenvalue weighted by atomic mass is 31.2. The van der Waals surface area contributed by atoms with E-state index < -0.39 is 51.1 Å². The molecule has 0 aromatic heterocycles. The van der Waals surface area contributed by atoms with Gasteiger partial charge in [0, 0.05) is 12.8 Å². The Morgan fingerprint density at radius 1 is 0.590 bits per heavy atom. The maximum Gasteiger partial charge on any atom is 0.472 e. The van der Waals surface area contributed by atoms with Crippen LogP contribution in [0.2, 0.25) is 0 Å². The van der Waals surface area contributed by atoms with Gasteiger partial charge in [-0.15, -0.1) is 0 Å². The van der Waals surface area contributed by atoms with Crippen molar-refractivity contribution >= 4 is 25.7 Å². The number of carbonyl (C=O) groups is 3. The SMILES string of the molecule is CCCCC/C=C\CC1OC1C/C=C\C/C=C\CCCC(=O)OC[C@H](COP(=O)(O)OC[C@H](N)C(=O)O)OC(=O)CCCCCCCCCCC/C=C\CCCCCCCC. The van der Waals surface area contributed by atoms with Crippen LogP contribution in [-0.2, 0) is 42.2 Å². The number of unbranched alkanes of at least 4 members (excludes halogenated alkanes) is 19. The predicted molar refractivity (Wildman–Crippen MR) is 244 cm³/mol. The molecule has 0 amide bonds. The lowest BCUT2D eigenvalue weighted by molar-refractivity contribution is -0.161. The minimum absolute atomic E-state index is 0.139. The average molecular weight is 882 g/mol. The molecule has 1 aliphatic heterocycles. The number of carboxylic acid groups (broad SMARTS) is 1. The van der Waals surface area contributed by atoms with Crippen LogP contribution in [0.15, 0.2) is 48.6 Å². The molecule has 1 heterocycles. The third-order valence-electron chi connectivity index (χ3n) is 10.5. The van der Waals surface area contributed by atoms with Gasteiger partial charge >= 0.3 is 25.7 Å². The summed E-state index contributed by atoms with van der Waals surface area (Å²) in [6.45, 7) is 2.71. The van der Waals surface area contributed by atoms with Crippen molar-refractivity contribution in [3.05, 3.63) is 48.6 Å². The van der Waals surface area contributed by atoms with Crippen molar-refractivity contribution < 1.29 is 52.2 Å². The molecule has 352 valence electrons. The van der Waals surface area contributed by atoms with E-state index >= 15 is 0 Å². The topological polar surface area (TPSA) is 184 Å². The number of nitrogens with two attached hydrogens (primary N) is 1. The number of carboxylic acids is 1. The van der Waals surface area contributed by atoms with Gasteiger partial charge in [0.1, 0.15) is 12.6 Å². The van der Waals surface area contributed by atoms with Crippen LogP contribution < -0.4 is 5.73 Å². The summed E-state index contributed by atoms with van der Waals surface area (Å²) in [7, 11) is -4.74. The van der Waals surface area contributed by atoms with Crippen LogP contribution in [0.1, 0.15) is 194 Å². The van der Waals surface area contributed by atoms with Crippen molar-refractivity contribution in [2.45, 2.75) is 218 Å². The fourth-order valence-corrected chi connectivity index (χ4v) is 7.34. The standard InChI is InChI=1S/C48H84NO11P/c1-3-5-7-9-11-12-13-14-15-16-17-18-19-20-21-22-25-30-34-38-47(51)59-42(40-57-61(54,55)58-41-43(49)48(52)53)39-56-46(50)37-33-29-26-23-24-28-32-36-45-44(60-45)35-31-27-10-8-6-4-2/h14-15,23,26-28,31-32,42-45H,3-13,16-22,24-25,29-30,33-41,49H2,1-2H3,(H,52,53)(H,54,55)/b15-14-,26-23-,31-27-,32-28-/t42-,43+,44?,45?/m1/s1. The number of hydrogen-bond acceptors (Lipinski definition) is 10. The number of epoxide rings is 1. The van der Waals surface area contributed by atoms with Crippen LogP contribution >= 0.6 is 7.82 Å². The van der Waals surface area contributed by atoms with E-state index in [0.717, 1.165) is 44.9 Å². The number of rotatable bonds is 43. The summed E-state index contributed by atoms with van der Waals surface area (Å²) in [5.74, 6) is -2.46. The molecule has 0 spiro atoms. The van der Waals surface area contributed by atoms with Crippen molar-refractivity contribution in [1.29, 1.82) is 0 Å². The Morgan fingerprint density at radius 2 is 1.03 bits per heavy atom. The number of esters is 2. The van der Waals surface area contributed by atoms with Gasteiger partial charge in [0.15, 0.2) is 6.10 Å². The lowest BCUT2D eigenvalue weighted by Crippen LogP contribution is -2.34. The Kier molecular flexibility index (Phi) is 36.1. The molecular formula is C48H84NO11P. The maximum absolute atomic E-state index is 12.7. The summed E-state index contributed by atoms with van der Waals surface area (Å²) < 4.78 is 38.5. The number of hydrogen-bond donors (Lipinski definition) is 3. The molecule has 0 bridgehead atoms. The van der Waals surface area contributed by atoms with E-state index in [0.29, 0.717) is 31.5 Å². The second-order valence-corrected chi connectivity index (χ2v) is 17.7. The van der Waals surface area contributed by atoms with Crippen molar-refractivity contribution in [1.82, 2.24) is 0 Å². The Labute approximate surface area is 369 Å². The zero-order valence-electron chi connectivity index (χ0n) is 37.9. The maximum atomic E-state index is 12.7. The molecular weight excluding hydrogens is 797 g/mol. The van der Waals surface area contributed by atoms with Gasteiger partial charge in [0.2, 0.25) is 0 Å². The van der Waals surface area contributed by atoms with Crippen molar-refractivity contribution in [2.24, 2.45) is 5.73 Å². The fraction of sp³-hybridized carbons (Fsp3) is 0.771. The van der Waals surface area contributed by atoms with E-state index in [1.54, 1.807) is 0 Å². The summed E-state index contributed by atoms with van der Waals surface area (Å²) in [6, 6.07) is -1.53. The van der Waals surface area contributed by atoms with Gasteiger partial charge in [-0.05, 0) is 77.0 Å².